The van der Waals surface area contributed by atoms with E-state index in [0.717, 1.165) is 26.1 Å². The molecule has 2 rings (SSSR count). The van der Waals surface area contributed by atoms with E-state index in [1.54, 1.807) is 7.05 Å². The van der Waals surface area contributed by atoms with Crippen LogP contribution in [0.25, 0.3) is 0 Å². The number of primary amides is 1. The minimum absolute atomic E-state index is 0.0209. The molecule has 6 heteroatoms. The fourth-order valence-electron chi connectivity index (χ4n) is 3.46. The summed E-state index contributed by atoms with van der Waals surface area (Å²) in [6, 6.07) is -0.314. The highest BCUT2D eigenvalue weighted by molar-refractivity contribution is 5.86. The highest BCUT2D eigenvalue weighted by Gasteiger charge is 2.46. The van der Waals surface area contributed by atoms with E-state index in [4.69, 9.17) is 5.73 Å². The zero-order valence-corrected chi connectivity index (χ0v) is 12.9. The van der Waals surface area contributed by atoms with Crippen molar-refractivity contribution in [1.82, 2.24) is 14.7 Å². The summed E-state index contributed by atoms with van der Waals surface area (Å²) < 4.78 is 0. The molecule has 0 aromatic heterocycles. The van der Waals surface area contributed by atoms with Gasteiger partial charge in [-0.1, -0.05) is 13.8 Å². The minimum Gasteiger partial charge on any atom is -0.368 e. The summed E-state index contributed by atoms with van der Waals surface area (Å²) in [7, 11) is 3.76. The van der Waals surface area contributed by atoms with Gasteiger partial charge in [-0.3, -0.25) is 4.79 Å². The van der Waals surface area contributed by atoms with E-state index in [1.165, 1.54) is 4.90 Å². The molecule has 2 N–H and O–H groups in total. The Kier molecular flexibility index (Phi) is 4.22. The lowest BCUT2D eigenvalue weighted by atomic mass is 9.82. The van der Waals surface area contributed by atoms with Crippen LogP contribution < -0.4 is 5.73 Å². The molecule has 2 aliphatic heterocycles. The van der Waals surface area contributed by atoms with Crippen LogP contribution in [0.4, 0.5) is 4.79 Å². The number of carbonyl (C=O) groups is 2. The van der Waals surface area contributed by atoms with Gasteiger partial charge in [0.2, 0.25) is 5.91 Å². The largest absolute Gasteiger partial charge is 0.368 e. The van der Waals surface area contributed by atoms with E-state index >= 15 is 0 Å². The first-order valence-electron chi connectivity index (χ1n) is 7.34. The van der Waals surface area contributed by atoms with E-state index in [0.29, 0.717) is 12.0 Å². The van der Waals surface area contributed by atoms with Crippen molar-refractivity contribution in [2.24, 2.45) is 17.6 Å². The topological polar surface area (TPSA) is 69.9 Å². The molecule has 0 saturated carbocycles. The fourth-order valence-corrected chi connectivity index (χ4v) is 3.46. The van der Waals surface area contributed by atoms with Crippen molar-refractivity contribution in [3.63, 3.8) is 0 Å². The smallest absolute Gasteiger partial charge is 0.320 e. The van der Waals surface area contributed by atoms with Crippen LogP contribution >= 0.6 is 0 Å². The van der Waals surface area contributed by atoms with Crippen LogP contribution in [0.2, 0.25) is 0 Å². The fraction of sp³-hybridized carbons (Fsp3) is 0.857. The number of hydrogen-bond acceptors (Lipinski definition) is 3. The summed E-state index contributed by atoms with van der Waals surface area (Å²) in [5.74, 6) is 0.205. The third-order valence-electron chi connectivity index (χ3n) is 4.64. The average molecular weight is 282 g/mol. The molecular formula is C14H26N4O2. The second-order valence-corrected chi connectivity index (χ2v) is 6.52. The first-order chi connectivity index (χ1) is 9.32. The Morgan fingerprint density at radius 2 is 1.95 bits per heavy atom. The Morgan fingerprint density at radius 3 is 2.50 bits per heavy atom. The molecule has 0 spiro atoms. The standard InChI is InChI=1S/C14H26N4O2/c1-9(2)12(13(15)19)17(4)14(20)18-7-10-5-6-16(3)8-11(10)18/h9-12H,5-8H2,1-4H3,(H2,15,19)/t10?,11?,12-/m0/s1. The number of likely N-dealkylation sites (tertiary alicyclic amines) is 2. The van der Waals surface area contributed by atoms with E-state index in [2.05, 4.69) is 11.9 Å². The van der Waals surface area contributed by atoms with E-state index in [-0.39, 0.29) is 11.9 Å². The van der Waals surface area contributed by atoms with Crippen LogP contribution in [-0.2, 0) is 4.79 Å². The van der Waals surface area contributed by atoms with Crippen LogP contribution in [0.5, 0.6) is 0 Å². The van der Waals surface area contributed by atoms with Crippen molar-refractivity contribution < 1.29 is 9.59 Å². The predicted molar refractivity (Wildman–Crippen MR) is 77.1 cm³/mol. The maximum atomic E-state index is 12.6. The molecule has 2 unspecified atom stereocenters. The van der Waals surface area contributed by atoms with Gasteiger partial charge in [0.15, 0.2) is 0 Å². The maximum Gasteiger partial charge on any atom is 0.320 e. The van der Waals surface area contributed by atoms with Crippen LogP contribution in [-0.4, -0.2) is 72.5 Å². The molecule has 6 nitrogen and oxygen atoms in total. The van der Waals surface area contributed by atoms with Crippen molar-refractivity contribution in [3.8, 4) is 0 Å². The van der Waals surface area contributed by atoms with Crippen LogP contribution in [0.1, 0.15) is 20.3 Å². The molecule has 20 heavy (non-hydrogen) atoms. The summed E-state index contributed by atoms with van der Waals surface area (Å²) in [6.45, 7) is 6.66. The third kappa shape index (κ3) is 2.61. The SMILES string of the molecule is CC(C)[C@@H](C(N)=O)N(C)C(=O)N1CC2CCN(C)CC21. The highest BCUT2D eigenvalue weighted by atomic mass is 16.2. The minimum atomic E-state index is -0.539. The third-order valence-corrected chi connectivity index (χ3v) is 4.64. The molecule has 2 fully saturated rings. The van der Waals surface area contributed by atoms with Gasteiger partial charge >= 0.3 is 6.03 Å². The number of fused-ring (bicyclic) bond motifs is 1. The van der Waals surface area contributed by atoms with Crippen LogP contribution in [0.15, 0.2) is 0 Å². The normalized spacial score (nSPS) is 27.8. The molecular weight excluding hydrogens is 256 g/mol. The number of likely N-dealkylation sites (N-methyl/N-ethyl adjacent to an activating group) is 2. The first kappa shape index (κ1) is 15.1. The van der Waals surface area contributed by atoms with Gasteiger partial charge in [-0.15, -0.1) is 0 Å². The number of piperidine rings is 1. The molecule has 3 atom stereocenters. The van der Waals surface area contributed by atoms with E-state index < -0.39 is 11.9 Å². The van der Waals surface area contributed by atoms with Gasteiger partial charge in [0.05, 0.1) is 6.04 Å². The van der Waals surface area contributed by atoms with Crippen molar-refractivity contribution in [3.05, 3.63) is 0 Å². The summed E-state index contributed by atoms with van der Waals surface area (Å²) in [4.78, 5) is 29.8. The second kappa shape index (κ2) is 5.60. The van der Waals surface area contributed by atoms with Crippen molar-refractivity contribution in [1.29, 1.82) is 0 Å². The molecule has 2 heterocycles. The molecule has 0 aliphatic carbocycles. The van der Waals surface area contributed by atoms with Crippen LogP contribution in [0, 0.1) is 11.8 Å². The maximum absolute atomic E-state index is 12.6. The first-order valence-corrected chi connectivity index (χ1v) is 7.34. The van der Waals surface area contributed by atoms with Crippen molar-refractivity contribution >= 4 is 11.9 Å². The summed E-state index contributed by atoms with van der Waals surface area (Å²) in [6.07, 6.45) is 1.15. The number of nitrogens with zero attached hydrogens (tertiary/aromatic N) is 3. The van der Waals surface area contributed by atoms with Gasteiger partial charge in [-0.2, -0.15) is 0 Å². The molecule has 3 amide bonds. The monoisotopic (exact) mass is 282 g/mol. The number of nitrogens with two attached hydrogens (primary N) is 1. The zero-order chi connectivity index (χ0) is 15.0. The lowest BCUT2D eigenvalue weighted by Gasteiger charge is -2.54. The molecule has 0 radical (unpaired) electrons. The Hall–Kier alpha value is -1.30. The van der Waals surface area contributed by atoms with E-state index in [9.17, 15) is 9.59 Å². The molecule has 0 aromatic rings. The number of carbonyl (C=O) groups excluding carboxylic acids is 2. The summed E-state index contributed by atoms with van der Waals surface area (Å²) in [5, 5.41) is 0. The van der Waals surface area contributed by atoms with Gasteiger partial charge in [-0.25, -0.2) is 4.79 Å². The van der Waals surface area contributed by atoms with Gasteiger partial charge < -0.3 is 20.4 Å². The second-order valence-electron chi connectivity index (χ2n) is 6.52. The quantitative estimate of drug-likeness (QED) is 0.803. The molecule has 2 aliphatic rings. The lowest BCUT2D eigenvalue weighted by Crippen LogP contribution is -2.68. The number of amides is 3. The highest BCUT2D eigenvalue weighted by Crippen LogP contribution is 2.33. The number of urea groups is 1. The summed E-state index contributed by atoms with van der Waals surface area (Å²) >= 11 is 0. The van der Waals surface area contributed by atoms with E-state index in [1.807, 2.05) is 18.7 Å². The number of hydrogen-bond donors (Lipinski definition) is 1. The van der Waals surface area contributed by atoms with Gasteiger partial charge in [-0.05, 0) is 31.8 Å². The molecule has 2 saturated heterocycles. The molecule has 0 aromatic carbocycles. The summed E-state index contributed by atoms with van der Waals surface area (Å²) in [5.41, 5.74) is 5.43. The van der Waals surface area contributed by atoms with Crippen molar-refractivity contribution in [2.75, 3.05) is 33.7 Å². The van der Waals surface area contributed by atoms with Gasteiger partial charge in [0.1, 0.15) is 6.04 Å². The van der Waals surface area contributed by atoms with Crippen molar-refractivity contribution in [2.45, 2.75) is 32.4 Å². The lowest BCUT2D eigenvalue weighted by molar-refractivity contribution is -0.123. The van der Waals surface area contributed by atoms with Crippen LogP contribution in [0.3, 0.4) is 0 Å². The van der Waals surface area contributed by atoms with Gasteiger partial charge in [0.25, 0.3) is 0 Å². The molecule has 0 bridgehead atoms. The van der Waals surface area contributed by atoms with Gasteiger partial charge in [0, 0.05) is 20.1 Å². The Labute approximate surface area is 120 Å². The zero-order valence-electron chi connectivity index (χ0n) is 12.9. The Bertz CT molecular complexity index is 399. The average Bonchev–Trinajstić information content (AvgIpc) is 2.32. The predicted octanol–water partition coefficient (Wildman–Crippen LogP) is 0.184. The number of rotatable bonds is 3. The Balaban J connectivity index is 2.02. The Morgan fingerprint density at radius 1 is 1.30 bits per heavy atom. The molecule has 114 valence electrons.